The number of likely N-dealkylation sites (N-methyl/N-ethyl adjacent to an activating group) is 1. The lowest BCUT2D eigenvalue weighted by molar-refractivity contribution is -0.121. The number of anilines is 1. The fraction of sp³-hybridized carbons (Fsp3) is 0.462. The summed E-state index contributed by atoms with van der Waals surface area (Å²) in [5.74, 6) is 1.43. The van der Waals surface area contributed by atoms with Gasteiger partial charge in [0.15, 0.2) is 6.61 Å². The molecule has 1 aliphatic heterocycles. The first-order chi connectivity index (χ1) is 8.76. The van der Waals surface area contributed by atoms with Crippen molar-refractivity contribution >= 4 is 24.2 Å². The molecule has 4 nitrogen and oxygen atoms in total. The zero-order valence-electron chi connectivity index (χ0n) is 10.5. The van der Waals surface area contributed by atoms with Crippen molar-refractivity contribution in [1.29, 1.82) is 0 Å². The normalized spacial score (nSPS) is 14.3. The maximum atomic E-state index is 11.8. The monoisotopic (exact) mass is 266 g/mol. The molecule has 1 aliphatic rings. The molecular formula is C13H18N2O2S. The lowest BCUT2D eigenvalue weighted by atomic mass is 10.1. The van der Waals surface area contributed by atoms with E-state index in [1.807, 2.05) is 25.2 Å². The highest BCUT2D eigenvalue weighted by atomic mass is 32.1. The average Bonchev–Trinajstić information content (AvgIpc) is 2.39. The molecule has 1 aromatic carbocycles. The van der Waals surface area contributed by atoms with Gasteiger partial charge in [-0.15, -0.1) is 0 Å². The average molecular weight is 266 g/mol. The number of amides is 1. The molecule has 5 heteroatoms. The number of thiol groups is 1. The van der Waals surface area contributed by atoms with Crippen LogP contribution >= 0.6 is 12.6 Å². The summed E-state index contributed by atoms with van der Waals surface area (Å²) in [4.78, 5) is 13.6. The fourth-order valence-electron chi connectivity index (χ4n) is 2.02. The van der Waals surface area contributed by atoms with Crippen molar-refractivity contribution in [2.24, 2.45) is 0 Å². The lowest BCUT2D eigenvalue weighted by Gasteiger charge is -2.29. The van der Waals surface area contributed by atoms with Crippen LogP contribution < -0.4 is 15.0 Å². The molecule has 1 amide bonds. The van der Waals surface area contributed by atoms with Crippen molar-refractivity contribution in [2.75, 3.05) is 37.4 Å². The van der Waals surface area contributed by atoms with E-state index in [1.165, 1.54) is 5.56 Å². The Kier molecular flexibility index (Phi) is 4.49. The van der Waals surface area contributed by atoms with E-state index in [2.05, 4.69) is 17.9 Å². The van der Waals surface area contributed by atoms with Gasteiger partial charge in [0.05, 0.1) is 5.69 Å². The number of carbonyl (C=O) groups excluding carboxylic acids is 1. The summed E-state index contributed by atoms with van der Waals surface area (Å²) in [5.41, 5.74) is 2.07. The minimum Gasteiger partial charge on any atom is -0.482 e. The Bertz CT molecular complexity index is 437. The smallest absolute Gasteiger partial charge is 0.265 e. The Morgan fingerprint density at radius 3 is 3.06 bits per heavy atom. The molecule has 2 rings (SSSR count). The SMILES string of the molecule is CNCCc1ccc2c(c1)N(CCS)C(=O)CO2. The highest BCUT2D eigenvalue weighted by Gasteiger charge is 2.24. The van der Waals surface area contributed by atoms with E-state index in [0.717, 1.165) is 24.4 Å². The molecule has 0 spiro atoms. The van der Waals surface area contributed by atoms with Crippen LogP contribution in [0.3, 0.4) is 0 Å². The Balaban J connectivity index is 2.26. The molecule has 0 radical (unpaired) electrons. The van der Waals surface area contributed by atoms with Crippen LogP contribution in [-0.4, -0.2) is 38.4 Å². The number of carbonyl (C=O) groups is 1. The highest BCUT2D eigenvalue weighted by Crippen LogP contribution is 2.32. The van der Waals surface area contributed by atoms with Crippen LogP contribution in [0.4, 0.5) is 5.69 Å². The molecule has 1 heterocycles. The summed E-state index contributed by atoms with van der Waals surface area (Å²) in [6.07, 6.45) is 0.937. The van der Waals surface area contributed by atoms with E-state index < -0.39 is 0 Å². The predicted octanol–water partition coefficient (Wildman–Crippen LogP) is 1.10. The van der Waals surface area contributed by atoms with Gasteiger partial charge in [-0.05, 0) is 37.7 Å². The van der Waals surface area contributed by atoms with E-state index in [-0.39, 0.29) is 12.5 Å². The highest BCUT2D eigenvalue weighted by molar-refractivity contribution is 7.80. The summed E-state index contributed by atoms with van der Waals surface area (Å²) in [7, 11) is 1.93. The maximum absolute atomic E-state index is 11.8. The molecule has 0 bridgehead atoms. The first-order valence-corrected chi connectivity index (χ1v) is 6.71. The van der Waals surface area contributed by atoms with E-state index in [9.17, 15) is 4.79 Å². The Hall–Kier alpha value is -1.20. The van der Waals surface area contributed by atoms with Crippen LogP contribution in [0.25, 0.3) is 0 Å². The third-order valence-electron chi connectivity index (χ3n) is 2.95. The Morgan fingerprint density at radius 2 is 2.33 bits per heavy atom. The minimum absolute atomic E-state index is 0.00214. The number of nitrogens with zero attached hydrogens (tertiary/aromatic N) is 1. The van der Waals surface area contributed by atoms with E-state index in [1.54, 1.807) is 4.90 Å². The molecule has 0 atom stereocenters. The van der Waals surface area contributed by atoms with Crippen molar-refractivity contribution < 1.29 is 9.53 Å². The summed E-state index contributed by atoms with van der Waals surface area (Å²) < 4.78 is 5.44. The van der Waals surface area contributed by atoms with Crippen LogP contribution in [0.1, 0.15) is 5.56 Å². The molecule has 0 fully saturated rings. The van der Waals surface area contributed by atoms with Gasteiger partial charge in [0, 0.05) is 12.3 Å². The molecule has 1 N–H and O–H groups in total. The van der Waals surface area contributed by atoms with Crippen LogP contribution in [0.15, 0.2) is 18.2 Å². The van der Waals surface area contributed by atoms with Gasteiger partial charge in [-0.1, -0.05) is 6.07 Å². The molecule has 0 aromatic heterocycles. The van der Waals surface area contributed by atoms with E-state index in [4.69, 9.17) is 4.74 Å². The number of hydrogen-bond donors (Lipinski definition) is 2. The van der Waals surface area contributed by atoms with Gasteiger partial charge in [-0.2, -0.15) is 12.6 Å². The number of rotatable bonds is 5. The van der Waals surface area contributed by atoms with Gasteiger partial charge in [-0.25, -0.2) is 0 Å². The molecule has 0 saturated heterocycles. The lowest BCUT2D eigenvalue weighted by Crippen LogP contribution is -2.40. The van der Waals surface area contributed by atoms with E-state index in [0.29, 0.717) is 12.3 Å². The summed E-state index contributed by atoms with van der Waals surface area (Å²) in [6, 6.07) is 6.02. The van der Waals surface area contributed by atoms with Gasteiger partial charge in [0.1, 0.15) is 5.75 Å². The van der Waals surface area contributed by atoms with Gasteiger partial charge in [0.2, 0.25) is 0 Å². The molecule has 98 valence electrons. The first-order valence-electron chi connectivity index (χ1n) is 6.08. The van der Waals surface area contributed by atoms with Gasteiger partial charge >= 0.3 is 0 Å². The fourth-order valence-corrected chi connectivity index (χ4v) is 2.22. The molecule has 0 saturated carbocycles. The molecular weight excluding hydrogens is 248 g/mol. The van der Waals surface area contributed by atoms with E-state index >= 15 is 0 Å². The number of benzene rings is 1. The second-order valence-corrected chi connectivity index (χ2v) is 4.66. The topological polar surface area (TPSA) is 41.6 Å². The Labute approximate surface area is 113 Å². The predicted molar refractivity (Wildman–Crippen MR) is 75.8 cm³/mol. The standard InChI is InChI=1S/C13H18N2O2S/c1-14-5-4-10-2-3-12-11(8-10)15(6-7-18)13(16)9-17-12/h2-3,8,14,18H,4-7,9H2,1H3. The molecule has 0 unspecified atom stereocenters. The quantitative estimate of drug-likeness (QED) is 0.784. The van der Waals surface area contributed by atoms with Gasteiger partial charge in [0.25, 0.3) is 5.91 Å². The summed E-state index contributed by atoms with van der Waals surface area (Å²) in [5, 5.41) is 3.12. The number of fused-ring (bicyclic) bond motifs is 1. The molecule has 0 aliphatic carbocycles. The van der Waals surface area contributed by atoms with Crippen molar-refractivity contribution in [1.82, 2.24) is 5.32 Å². The maximum Gasteiger partial charge on any atom is 0.265 e. The summed E-state index contributed by atoms with van der Waals surface area (Å²) >= 11 is 4.20. The van der Waals surface area contributed by atoms with Crippen LogP contribution in [0.5, 0.6) is 5.75 Å². The van der Waals surface area contributed by atoms with Crippen LogP contribution in [-0.2, 0) is 11.2 Å². The molecule has 18 heavy (non-hydrogen) atoms. The van der Waals surface area contributed by atoms with Gasteiger partial charge < -0.3 is 15.0 Å². The minimum atomic E-state index is 0.00214. The Morgan fingerprint density at radius 1 is 1.50 bits per heavy atom. The third kappa shape index (κ3) is 2.79. The first kappa shape index (κ1) is 13.2. The van der Waals surface area contributed by atoms with Crippen molar-refractivity contribution in [2.45, 2.75) is 6.42 Å². The van der Waals surface area contributed by atoms with Crippen LogP contribution in [0.2, 0.25) is 0 Å². The van der Waals surface area contributed by atoms with Crippen molar-refractivity contribution in [3.63, 3.8) is 0 Å². The second kappa shape index (κ2) is 6.11. The van der Waals surface area contributed by atoms with Gasteiger partial charge in [-0.3, -0.25) is 4.79 Å². The molecule has 1 aromatic rings. The van der Waals surface area contributed by atoms with Crippen molar-refractivity contribution in [3.05, 3.63) is 23.8 Å². The number of hydrogen-bond acceptors (Lipinski definition) is 4. The van der Waals surface area contributed by atoms with Crippen LogP contribution in [0, 0.1) is 0 Å². The second-order valence-electron chi connectivity index (χ2n) is 4.21. The zero-order chi connectivity index (χ0) is 13.0. The summed E-state index contributed by atoms with van der Waals surface area (Å²) in [6.45, 7) is 1.66. The zero-order valence-corrected chi connectivity index (χ0v) is 11.4. The van der Waals surface area contributed by atoms with Crippen molar-refractivity contribution in [3.8, 4) is 5.75 Å². The number of ether oxygens (including phenoxy) is 1. The third-order valence-corrected chi connectivity index (χ3v) is 3.15. The number of nitrogens with one attached hydrogen (secondary N) is 1. The largest absolute Gasteiger partial charge is 0.482 e.